The number of benzene rings is 2. The topological polar surface area (TPSA) is 35.5 Å². The fourth-order valence-electron chi connectivity index (χ4n) is 1.84. The molecule has 0 radical (unpaired) electrons. The van der Waals surface area contributed by atoms with Crippen molar-refractivity contribution >= 4 is 7.60 Å². The van der Waals surface area contributed by atoms with Crippen LogP contribution in [0.4, 0.5) is 0 Å². The van der Waals surface area contributed by atoms with E-state index in [1.54, 1.807) is 19.1 Å². The quantitative estimate of drug-likeness (QED) is 0.671. The molecule has 2 aromatic carbocycles. The molecule has 0 N–H and O–H groups in total. The van der Waals surface area contributed by atoms with E-state index in [4.69, 9.17) is 9.05 Å². The molecule has 0 spiro atoms. The molecular formula is C17H19O3P. The summed E-state index contributed by atoms with van der Waals surface area (Å²) in [7, 11) is -3.26. The molecule has 1 unspecified atom stereocenters. The second-order valence-corrected chi connectivity index (χ2v) is 6.26. The lowest BCUT2D eigenvalue weighted by atomic mass is 10.2. The predicted octanol–water partition coefficient (Wildman–Crippen LogP) is 5.05. The molecule has 0 fully saturated rings. The van der Waals surface area contributed by atoms with Crippen LogP contribution in [0.5, 0.6) is 5.75 Å². The highest BCUT2D eigenvalue weighted by atomic mass is 31.2. The summed E-state index contributed by atoms with van der Waals surface area (Å²) in [4.78, 5) is 0. The SMILES string of the molecule is CCOP(=O)(/C=C/Cc1ccccc1)Oc1ccccc1. The zero-order valence-corrected chi connectivity index (χ0v) is 12.9. The number of hydrogen-bond acceptors (Lipinski definition) is 3. The molecule has 0 aliphatic rings. The minimum absolute atomic E-state index is 0.333. The molecule has 0 saturated carbocycles. The zero-order valence-electron chi connectivity index (χ0n) is 12.0. The second-order valence-electron chi connectivity index (χ2n) is 4.44. The fourth-order valence-corrected chi connectivity index (χ4v) is 3.18. The summed E-state index contributed by atoms with van der Waals surface area (Å²) < 4.78 is 23.5. The standard InChI is InChI=1S/C17H19O3P/c1-2-19-21(18,20-17-13-7-4-8-14-17)15-9-12-16-10-5-3-6-11-16/h3-11,13-15H,2,12H2,1H3/b15-9+. The molecule has 0 bridgehead atoms. The minimum Gasteiger partial charge on any atom is -0.422 e. The van der Waals surface area contributed by atoms with Gasteiger partial charge in [-0.3, -0.25) is 4.52 Å². The second kappa shape index (κ2) is 7.82. The Morgan fingerprint density at radius 3 is 2.24 bits per heavy atom. The van der Waals surface area contributed by atoms with E-state index in [0.717, 1.165) is 5.56 Å². The van der Waals surface area contributed by atoms with Crippen LogP contribution < -0.4 is 4.52 Å². The molecule has 0 aliphatic heterocycles. The Labute approximate surface area is 125 Å². The molecule has 4 heteroatoms. The van der Waals surface area contributed by atoms with E-state index in [2.05, 4.69) is 0 Å². The van der Waals surface area contributed by atoms with Gasteiger partial charge in [0.15, 0.2) is 0 Å². The van der Waals surface area contributed by atoms with Crippen LogP contribution in [-0.4, -0.2) is 6.61 Å². The molecule has 21 heavy (non-hydrogen) atoms. The van der Waals surface area contributed by atoms with Gasteiger partial charge in [-0.15, -0.1) is 0 Å². The van der Waals surface area contributed by atoms with Gasteiger partial charge in [0.25, 0.3) is 0 Å². The van der Waals surface area contributed by atoms with Crippen LogP contribution in [0.25, 0.3) is 0 Å². The van der Waals surface area contributed by atoms with Gasteiger partial charge in [0.1, 0.15) is 5.75 Å². The number of allylic oxidation sites excluding steroid dienone is 1. The highest BCUT2D eigenvalue weighted by Crippen LogP contribution is 2.49. The highest BCUT2D eigenvalue weighted by molar-refractivity contribution is 7.57. The summed E-state index contributed by atoms with van der Waals surface area (Å²) in [5.74, 6) is 2.08. The number of hydrogen-bond donors (Lipinski definition) is 0. The molecule has 0 amide bonds. The van der Waals surface area contributed by atoms with Gasteiger partial charge in [-0.1, -0.05) is 54.6 Å². The van der Waals surface area contributed by atoms with Crippen LogP contribution in [0.1, 0.15) is 12.5 Å². The Kier molecular flexibility index (Phi) is 5.79. The first-order valence-corrected chi connectivity index (χ1v) is 8.53. The van der Waals surface area contributed by atoms with Gasteiger partial charge < -0.3 is 4.52 Å². The van der Waals surface area contributed by atoms with Gasteiger partial charge in [0.2, 0.25) is 0 Å². The van der Waals surface area contributed by atoms with Crippen LogP contribution in [0.3, 0.4) is 0 Å². The first-order valence-electron chi connectivity index (χ1n) is 6.92. The Morgan fingerprint density at radius 2 is 1.62 bits per heavy atom. The van der Waals surface area contributed by atoms with E-state index < -0.39 is 7.60 Å². The molecule has 0 heterocycles. The van der Waals surface area contributed by atoms with Crippen molar-refractivity contribution in [1.82, 2.24) is 0 Å². The summed E-state index contributed by atoms with van der Waals surface area (Å²) in [6.07, 6.45) is 2.52. The van der Waals surface area contributed by atoms with E-state index in [9.17, 15) is 4.57 Å². The van der Waals surface area contributed by atoms with Gasteiger partial charge in [-0.25, -0.2) is 4.57 Å². The first-order chi connectivity index (χ1) is 10.2. The van der Waals surface area contributed by atoms with Gasteiger partial charge in [0.05, 0.1) is 6.61 Å². The van der Waals surface area contributed by atoms with E-state index in [1.807, 2.05) is 54.6 Å². The van der Waals surface area contributed by atoms with Crippen molar-refractivity contribution in [2.45, 2.75) is 13.3 Å². The molecule has 0 saturated heterocycles. The Hall–Kier alpha value is -1.83. The molecule has 110 valence electrons. The summed E-state index contributed by atoms with van der Waals surface area (Å²) in [6.45, 7) is 2.13. The summed E-state index contributed by atoms with van der Waals surface area (Å²) >= 11 is 0. The van der Waals surface area contributed by atoms with Crippen LogP contribution in [0.15, 0.2) is 72.6 Å². The van der Waals surface area contributed by atoms with E-state index >= 15 is 0 Å². The van der Waals surface area contributed by atoms with Gasteiger partial charge >= 0.3 is 7.60 Å². The lowest BCUT2D eigenvalue weighted by molar-refractivity contribution is 0.288. The van der Waals surface area contributed by atoms with E-state index in [-0.39, 0.29) is 0 Å². The van der Waals surface area contributed by atoms with Gasteiger partial charge in [-0.2, -0.15) is 0 Å². The molecule has 0 aliphatic carbocycles. The van der Waals surface area contributed by atoms with E-state index in [0.29, 0.717) is 18.8 Å². The third kappa shape index (κ3) is 5.22. The maximum Gasteiger partial charge on any atom is 0.403 e. The van der Waals surface area contributed by atoms with Crippen LogP contribution in [0.2, 0.25) is 0 Å². The predicted molar refractivity (Wildman–Crippen MR) is 85.6 cm³/mol. The number of para-hydroxylation sites is 1. The Bertz CT molecular complexity index is 608. The molecule has 0 aromatic heterocycles. The average Bonchev–Trinajstić information content (AvgIpc) is 2.49. The van der Waals surface area contributed by atoms with Crippen LogP contribution >= 0.6 is 7.60 Å². The van der Waals surface area contributed by atoms with Crippen molar-refractivity contribution in [3.63, 3.8) is 0 Å². The summed E-state index contributed by atoms with van der Waals surface area (Å²) in [6, 6.07) is 19.0. The third-order valence-corrected chi connectivity index (χ3v) is 4.43. The smallest absolute Gasteiger partial charge is 0.403 e. The minimum atomic E-state index is -3.26. The molecule has 3 nitrogen and oxygen atoms in total. The Morgan fingerprint density at radius 1 is 1.00 bits per heavy atom. The van der Waals surface area contributed by atoms with Crippen molar-refractivity contribution < 1.29 is 13.6 Å². The van der Waals surface area contributed by atoms with Gasteiger partial charge in [0, 0.05) is 5.82 Å². The van der Waals surface area contributed by atoms with Crippen molar-refractivity contribution in [2.24, 2.45) is 0 Å². The number of rotatable bonds is 7. The van der Waals surface area contributed by atoms with E-state index in [1.165, 1.54) is 5.82 Å². The maximum atomic E-state index is 12.6. The monoisotopic (exact) mass is 302 g/mol. The Balaban J connectivity index is 2.05. The summed E-state index contributed by atoms with van der Waals surface area (Å²) in [5.41, 5.74) is 1.15. The highest BCUT2D eigenvalue weighted by Gasteiger charge is 2.21. The van der Waals surface area contributed by atoms with Crippen LogP contribution in [-0.2, 0) is 15.5 Å². The lowest BCUT2D eigenvalue weighted by Gasteiger charge is -2.15. The summed E-state index contributed by atoms with van der Waals surface area (Å²) in [5, 5.41) is 0. The normalized spacial score (nSPS) is 14.0. The molecular weight excluding hydrogens is 283 g/mol. The lowest BCUT2D eigenvalue weighted by Crippen LogP contribution is -1.96. The fraction of sp³-hybridized carbons (Fsp3) is 0.176. The van der Waals surface area contributed by atoms with Crippen molar-refractivity contribution in [1.29, 1.82) is 0 Å². The maximum absolute atomic E-state index is 12.6. The van der Waals surface area contributed by atoms with Crippen molar-refractivity contribution in [3.05, 3.63) is 78.1 Å². The largest absolute Gasteiger partial charge is 0.422 e. The van der Waals surface area contributed by atoms with Gasteiger partial charge in [-0.05, 0) is 31.0 Å². The van der Waals surface area contributed by atoms with Crippen molar-refractivity contribution in [3.8, 4) is 5.75 Å². The molecule has 2 rings (SSSR count). The zero-order chi connectivity index (χ0) is 15.0. The molecule has 2 aromatic rings. The average molecular weight is 302 g/mol. The van der Waals surface area contributed by atoms with Crippen molar-refractivity contribution in [2.75, 3.05) is 6.61 Å². The molecule has 1 atom stereocenters. The third-order valence-electron chi connectivity index (χ3n) is 2.77. The first kappa shape index (κ1) is 15.6. The van der Waals surface area contributed by atoms with Crippen LogP contribution in [0, 0.1) is 0 Å².